The highest BCUT2D eigenvalue weighted by molar-refractivity contribution is 8.15. The quantitative estimate of drug-likeness (QED) is 0.729. The predicted octanol–water partition coefficient (Wildman–Crippen LogP) is 4.68. The average Bonchev–Trinajstić information content (AvgIpc) is 2.72. The first-order chi connectivity index (χ1) is 14.4. The minimum absolute atomic E-state index is 0.0920. The van der Waals surface area contributed by atoms with Gasteiger partial charge in [0.1, 0.15) is 11.0 Å². The molecule has 0 radical (unpaired) electrons. The molecule has 1 aliphatic heterocycles. The Morgan fingerprint density at radius 2 is 1.90 bits per heavy atom. The minimum Gasteiger partial charge on any atom is -0.494 e. The summed E-state index contributed by atoms with van der Waals surface area (Å²) in [5, 5.41) is 2.92. The molecule has 0 aromatic heterocycles. The number of amidine groups is 1. The third-order valence-corrected chi connectivity index (χ3v) is 6.08. The molecule has 6 nitrogen and oxygen atoms in total. The molecule has 0 aliphatic carbocycles. The van der Waals surface area contributed by atoms with Gasteiger partial charge in [-0.2, -0.15) is 0 Å². The third-order valence-electron chi connectivity index (χ3n) is 4.90. The van der Waals surface area contributed by atoms with Crippen LogP contribution in [-0.2, 0) is 9.59 Å². The van der Waals surface area contributed by atoms with E-state index in [-0.39, 0.29) is 18.2 Å². The van der Waals surface area contributed by atoms with Crippen molar-refractivity contribution in [3.8, 4) is 5.75 Å². The number of rotatable bonds is 6. The van der Waals surface area contributed by atoms with Gasteiger partial charge >= 0.3 is 0 Å². The van der Waals surface area contributed by atoms with E-state index in [1.165, 1.54) is 17.3 Å². The largest absolute Gasteiger partial charge is 0.494 e. The summed E-state index contributed by atoms with van der Waals surface area (Å²) in [6, 6.07) is 13.1. The number of aliphatic imine (C=N–C) groups is 1. The lowest BCUT2D eigenvalue weighted by molar-refractivity contribution is -0.129. The molecule has 158 valence electrons. The summed E-state index contributed by atoms with van der Waals surface area (Å²) >= 11 is 1.33. The fraction of sp³-hybridized carbons (Fsp3) is 0.348. The lowest BCUT2D eigenvalue weighted by Crippen LogP contribution is -2.45. The first-order valence-electron chi connectivity index (χ1n) is 10.1. The van der Waals surface area contributed by atoms with Gasteiger partial charge in [0.25, 0.3) is 0 Å². The maximum Gasteiger partial charge on any atom is 0.238 e. The number of nitrogens with zero attached hydrogens (tertiary/aromatic N) is 2. The van der Waals surface area contributed by atoms with E-state index in [9.17, 15) is 9.59 Å². The summed E-state index contributed by atoms with van der Waals surface area (Å²) in [4.78, 5) is 31.8. The number of thioether (sulfide) groups is 1. The molecule has 0 unspecified atom stereocenters. The molecule has 30 heavy (non-hydrogen) atoms. The number of ether oxygens (including phenoxy) is 1. The first-order valence-corrected chi connectivity index (χ1v) is 11.0. The molecule has 2 amide bonds. The van der Waals surface area contributed by atoms with Gasteiger partial charge in [-0.15, -0.1) is 0 Å². The van der Waals surface area contributed by atoms with Gasteiger partial charge in [-0.3, -0.25) is 14.5 Å². The van der Waals surface area contributed by atoms with Crippen LogP contribution in [0.25, 0.3) is 0 Å². The molecule has 1 aliphatic rings. The molecule has 1 heterocycles. The number of aryl methyl sites for hydroxylation is 2. The number of hydrogen-bond donors (Lipinski definition) is 1. The van der Waals surface area contributed by atoms with Crippen LogP contribution in [0.15, 0.2) is 47.5 Å². The van der Waals surface area contributed by atoms with Crippen LogP contribution in [0.4, 0.5) is 11.4 Å². The number of amides is 2. The molecule has 1 fully saturated rings. The van der Waals surface area contributed by atoms with Crippen LogP contribution in [-0.4, -0.2) is 40.3 Å². The molecule has 0 bridgehead atoms. The second kappa shape index (κ2) is 9.80. The Labute approximate surface area is 181 Å². The SMILES string of the molecule is CCOc1ccc(NC(=O)[C@@H]2CC(=O)N(CC)C(=Nc3ccc(C)c(C)c3)S2)cc1. The molecule has 0 spiro atoms. The third kappa shape index (κ3) is 5.21. The minimum atomic E-state index is -0.530. The highest BCUT2D eigenvalue weighted by Gasteiger charge is 2.35. The van der Waals surface area contributed by atoms with Crippen LogP contribution in [0, 0.1) is 13.8 Å². The van der Waals surface area contributed by atoms with Gasteiger partial charge < -0.3 is 10.1 Å². The fourth-order valence-electron chi connectivity index (χ4n) is 3.08. The molecule has 2 aromatic rings. The Bertz CT molecular complexity index is 957. The topological polar surface area (TPSA) is 71.0 Å². The van der Waals surface area contributed by atoms with Crippen molar-refractivity contribution in [1.82, 2.24) is 4.90 Å². The van der Waals surface area contributed by atoms with Crippen LogP contribution in [0.5, 0.6) is 5.75 Å². The zero-order valence-corrected chi connectivity index (χ0v) is 18.6. The standard InChI is InChI=1S/C23H27N3O3S/c1-5-26-21(27)14-20(22(28)24-17-9-11-19(12-10-17)29-6-2)30-23(26)25-18-8-7-15(3)16(4)13-18/h7-13,20H,5-6,14H2,1-4H3,(H,24,28)/t20-/m0/s1. The average molecular weight is 426 g/mol. The maximum absolute atomic E-state index is 12.8. The van der Waals surface area contributed by atoms with E-state index in [0.717, 1.165) is 17.0 Å². The van der Waals surface area contributed by atoms with Crippen molar-refractivity contribution in [2.24, 2.45) is 4.99 Å². The van der Waals surface area contributed by atoms with E-state index < -0.39 is 5.25 Å². The summed E-state index contributed by atoms with van der Waals surface area (Å²) in [6.45, 7) is 9.01. The Hall–Kier alpha value is -2.80. The van der Waals surface area contributed by atoms with Gasteiger partial charge in [0.2, 0.25) is 11.8 Å². The summed E-state index contributed by atoms with van der Waals surface area (Å²) in [7, 11) is 0. The van der Waals surface area contributed by atoms with Gasteiger partial charge in [-0.05, 0) is 75.2 Å². The smallest absolute Gasteiger partial charge is 0.238 e. The summed E-state index contributed by atoms with van der Waals surface area (Å²) in [5.41, 5.74) is 3.77. The van der Waals surface area contributed by atoms with Crippen molar-refractivity contribution in [1.29, 1.82) is 0 Å². The lowest BCUT2D eigenvalue weighted by Gasteiger charge is -2.31. The number of anilines is 1. The van der Waals surface area contributed by atoms with E-state index in [1.54, 1.807) is 17.0 Å². The van der Waals surface area contributed by atoms with E-state index in [1.807, 2.05) is 58.0 Å². The van der Waals surface area contributed by atoms with Crippen LogP contribution in [0.2, 0.25) is 0 Å². The van der Waals surface area contributed by atoms with Crippen LogP contribution >= 0.6 is 11.8 Å². The normalized spacial score (nSPS) is 17.9. The lowest BCUT2D eigenvalue weighted by atomic mass is 10.1. The van der Waals surface area contributed by atoms with Gasteiger partial charge in [-0.25, -0.2) is 4.99 Å². The molecule has 7 heteroatoms. The second-order valence-electron chi connectivity index (χ2n) is 7.06. The van der Waals surface area contributed by atoms with Gasteiger partial charge in [0.15, 0.2) is 5.17 Å². The summed E-state index contributed by atoms with van der Waals surface area (Å²) < 4.78 is 5.42. The van der Waals surface area contributed by atoms with E-state index in [4.69, 9.17) is 4.74 Å². The van der Waals surface area contributed by atoms with Crippen LogP contribution in [0.1, 0.15) is 31.4 Å². The molecule has 1 saturated heterocycles. The van der Waals surface area contributed by atoms with Crippen molar-refractivity contribution in [2.75, 3.05) is 18.5 Å². The van der Waals surface area contributed by atoms with E-state index in [2.05, 4.69) is 10.3 Å². The maximum atomic E-state index is 12.8. The van der Waals surface area contributed by atoms with Crippen LogP contribution < -0.4 is 10.1 Å². The summed E-state index contributed by atoms with van der Waals surface area (Å²) in [6.07, 6.45) is 0.146. The van der Waals surface area contributed by atoms with Gasteiger partial charge in [0.05, 0.1) is 12.3 Å². The number of carbonyl (C=O) groups is 2. The van der Waals surface area contributed by atoms with E-state index >= 15 is 0 Å². The highest BCUT2D eigenvalue weighted by Crippen LogP contribution is 2.30. The van der Waals surface area contributed by atoms with Crippen molar-refractivity contribution < 1.29 is 14.3 Å². The molecular weight excluding hydrogens is 398 g/mol. The number of hydrogen-bond acceptors (Lipinski definition) is 5. The fourth-order valence-corrected chi connectivity index (χ4v) is 4.24. The molecule has 3 rings (SSSR count). The Morgan fingerprint density at radius 1 is 1.17 bits per heavy atom. The Morgan fingerprint density at radius 3 is 2.53 bits per heavy atom. The molecular formula is C23H27N3O3S. The predicted molar refractivity (Wildman–Crippen MR) is 123 cm³/mol. The number of nitrogens with one attached hydrogen (secondary N) is 1. The number of benzene rings is 2. The second-order valence-corrected chi connectivity index (χ2v) is 8.23. The van der Waals surface area contributed by atoms with Crippen molar-refractivity contribution in [3.63, 3.8) is 0 Å². The molecule has 1 N–H and O–H groups in total. The number of carbonyl (C=O) groups excluding carboxylic acids is 2. The van der Waals surface area contributed by atoms with Crippen molar-refractivity contribution in [3.05, 3.63) is 53.6 Å². The zero-order valence-electron chi connectivity index (χ0n) is 17.8. The molecule has 2 aromatic carbocycles. The van der Waals surface area contributed by atoms with Crippen molar-refractivity contribution in [2.45, 2.75) is 39.4 Å². The summed E-state index contributed by atoms with van der Waals surface area (Å²) in [5.74, 6) is 0.450. The highest BCUT2D eigenvalue weighted by atomic mass is 32.2. The van der Waals surface area contributed by atoms with Gasteiger partial charge in [-0.1, -0.05) is 17.8 Å². The Kier molecular flexibility index (Phi) is 7.15. The Balaban J connectivity index is 1.77. The van der Waals surface area contributed by atoms with Crippen LogP contribution in [0.3, 0.4) is 0 Å². The van der Waals surface area contributed by atoms with E-state index in [0.29, 0.717) is 24.0 Å². The molecule has 1 atom stereocenters. The van der Waals surface area contributed by atoms with Gasteiger partial charge in [0, 0.05) is 18.7 Å². The molecule has 0 saturated carbocycles. The monoisotopic (exact) mass is 425 g/mol. The zero-order chi connectivity index (χ0) is 21.7. The van der Waals surface area contributed by atoms with Crippen molar-refractivity contribution >= 4 is 40.1 Å². The first kappa shape index (κ1) is 21.9.